The highest BCUT2D eigenvalue weighted by molar-refractivity contribution is 5.96. The van der Waals surface area contributed by atoms with E-state index in [0.717, 1.165) is 63.1 Å². The van der Waals surface area contributed by atoms with E-state index in [1.54, 1.807) is 0 Å². The molecule has 0 aromatic heterocycles. The molecule has 1 aromatic rings. The van der Waals surface area contributed by atoms with Crippen molar-refractivity contribution in [1.29, 1.82) is 0 Å². The number of carbonyl (C=O) groups excluding carboxylic acids is 1. The number of benzene rings is 1. The Balaban J connectivity index is 1.50. The molecule has 5 nitrogen and oxygen atoms in total. The van der Waals surface area contributed by atoms with Crippen LogP contribution in [-0.4, -0.2) is 67.1 Å². The maximum Gasteiger partial charge on any atom is 0.227 e. The van der Waals surface area contributed by atoms with Crippen LogP contribution in [0.1, 0.15) is 52.9 Å². The van der Waals surface area contributed by atoms with E-state index in [1.165, 1.54) is 19.4 Å². The summed E-state index contributed by atoms with van der Waals surface area (Å²) in [4.78, 5) is 19.4. The van der Waals surface area contributed by atoms with Crippen LogP contribution < -0.4 is 9.64 Å². The highest BCUT2D eigenvalue weighted by Gasteiger charge is 2.32. The summed E-state index contributed by atoms with van der Waals surface area (Å²) >= 11 is 0. The first kappa shape index (κ1) is 21.1. The Labute approximate surface area is 170 Å². The smallest absolute Gasteiger partial charge is 0.227 e. The molecule has 3 rings (SSSR count). The fourth-order valence-electron chi connectivity index (χ4n) is 4.54. The zero-order valence-electron chi connectivity index (χ0n) is 17.9. The third-order valence-corrected chi connectivity index (χ3v) is 6.35. The van der Waals surface area contributed by atoms with Crippen molar-refractivity contribution in [3.63, 3.8) is 0 Å². The van der Waals surface area contributed by atoms with E-state index >= 15 is 0 Å². The Morgan fingerprint density at radius 2 is 1.89 bits per heavy atom. The number of hydrogen-bond donors (Lipinski definition) is 0. The van der Waals surface area contributed by atoms with Crippen molar-refractivity contribution >= 4 is 11.6 Å². The number of rotatable bonds is 10. The van der Waals surface area contributed by atoms with Crippen LogP contribution in [0.5, 0.6) is 5.75 Å². The van der Waals surface area contributed by atoms with Gasteiger partial charge in [-0.25, -0.2) is 0 Å². The zero-order chi connectivity index (χ0) is 19.9. The zero-order valence-corrected chi connectivity index (χ0v) is 17.9. The van der Waals surface area contributed by atoms with Gasteiger partial charge in [0.25, 0.3) is 0 Å². The third kappa shape index (κ3) is 5.26. The molecule has 0 bridgehead atoms. The largest absolute Gasteiger partial charge is 0.494 e. The van der Waals surface area contributed by atoms with Crippen molar-refractivity contribution in [2.45, 2.75) is 65.0 Å². The Morgan fingerprint density at radius 1 is 1.14 bits per heavy atom. The van der Waals surface area contributed by atoms with Crippen molar-refractivity contribution in [2.75, 3.05) is 44.2 Å². The molecule has 2 aliphatic heterocycles. The molecule has 1 aromatic carbocycles. The van der Waals surface area contributed by atoms with Gasteiger partial charge in [0.05, 0.1) is 12.6 Å². The first-order chi connectivity index (χ1) is 13.6. The second-order valence-corrected chi connectivity index (χ2v) is 8.17. The number of carbonyl (C=O) groups is 1. The van der Waals surface area contributed by atoms with E-state index in [2.05, 4.69) is 30.6 Å². The molecule has 5 heteroatoms. The van der Waals surface area contributed by atoms with Crippen LogP contribution >= 0.6 is 0 Å². The molecule has 2 heterocycles. The van der Waals surface area contributed by atoms with Crippen LogP contribution in [-0.2, 0) is 4.79 Å². The van der Waals surface area contributed by atoms with Crippen molar-refractivity contribution in [1.82, 2.24) is 9.80 Å². The van der Waals surface area contributed by atoms with Gasteiger partial charge in [0.15, 0.2) is 0 Å². The van der Waals surface area contributed by atoms with E-state index in [4.69, 9.17) is 4.74 Å². The number of likely N-dealkylation sites (tertiary alicyclic amines) is 1. The number of likely N-dealkylation sites (N-methyl/N-ethyl adjacent to an activating group) is 1. The molecule has 156 valence electrons. The highest BCUT2D eigenvalue weighted by Crippen LogP contribution is 2.29. The summed E-state index contributed by atoms with van der Waals surface area (Å²) in [5, 5.41) is 0. The third-order valence-electron chi connectivity index (χ3n) is 6.35. The van der Waals surface area contributed by atoms with Gasteiger partial charge in [-0.05, 0) is 76.5 Å². The summed E-state index contributed by atoms with van der Waals surface area (Å²) in [5.74, 6) is 1.13. The summed E-state index contributed by atoms with van der Waals surface area (Å²) in [7, 11) is 0. The number of ether oxygens (including phenoxy) is 1. The molecule has 0 N–H and O–H groups in total. The van der Waals surface area contributed by atoms with Gasteiger partial charge in [0, 0.05) is 31.2 Å². The molecule has 0 spiro atoms. The highest BCUT2D eigenvalue weighted by atomic mass is 16.5. The van der Waals surface area contributed by atoms with Crippen molar-refractivity contribution < 1.29 is 9.53 Å². The molecule has 2 atom stereocenters. The van der Waals surface area contributed by atoms with E-state index in [0.29, 0.717) is 6.42 Å². The quantitative estimate of drug-likeness (QED) is 0.573. The van der Waals surface area contributed by atoms with Gasteiger partial charge in [0.2, 0.25) is 5.91 Å². The van der Waals surface area contributed by atoms with Crippen LogP contribution in [0.2, 0.25) is 0 Å². The lowest BCUT2D eigenvalue weighted by atomic mass is 10.2. The lowest BCUT2D eigenvalue weighted by Crippen LogP contribution is -2.42. The van der Waals surface area contributed by atoms with Gasteiger partial charge < -0.3 is 19.4 Å². The molecule has 0 saturated carbocycles. The predicted molar refractivity (Wildman–Crippen MR) is 115 cm³/mol. The van der Waals surface area contributed by atoms with Crippen LogP contribution in [0.15, 0.2) is 24.3 Å². The average molecular weight is 388 g/mol. The number of nitrogens with zero attached hydrogens (tertiary/aromatic N) is 3. The minimum absolute atomic E-state index is 0.241. The van der Waals surface area contributed by atoms with Crippen LogP contribution in [0, 0.1) is 0 Å². The predicted octanol–water partition coefficient (Wildman–Crippen LogP) is 3.78. The van der Waals surface area contributed by atoms with Crippen molar-refractivity contribution in [3.05, 3.63) is 24.3 Å². The van der Waals surface area contributed by atoms with E-state index in [1.807, 2.05) is 29.2 Å². The lowest BCUT2D eigenvalue weighted by Gasteiger charge is -2.29. The van der Waals surface area contributed by atoms with E-state index in [-0.39, 0.29) is 11.9 Å². The Morgan fingerprint density at radius 3 is 2.54 bits per heavy atom. The number of hydrogen-bond acceptors (Lipinski definition) is 4. The summed E-state index contributed by atoms with van der Waals surface area (Å²) in [6.45, 7) is 12.8. The maximum absolute atomic E-state index is 12.5. The molecule has 2 saturated heterocycles. The van der Waals surface area contributed by atoms with Crippen LogP contribution in [0.4, 0.5) is 5.69 Å². The minimum Gasteiger partial charge on any atom is -0.494 e. The van der Waals surface area contributed by atoms with Gasteiger partial charge in [-0.2, -0.15) is 0 Å². The molecule has 0 aliphatic carbocycles. The van der Waals surface area contributed by atoms with Gasteiger partial charge in [0.1, 0.15) is 5.75 Å². The van der Waals surface area contributed by atoms with Gasteiger partial charge in [-0.15, -0.1) is 0 Å². The SMILES string of the molecule is CCN(CC)CC1CCC(=O)N1c1ccc(OCCCN2CCCC2C)cc1. The summed E-state index contributed by atoms with van der Waals surface area (Å²) < 4.78 is 5.93. The summed E-state index contributed by atoms with van der Waals surface area (Å²) in [5.41, 5.74) is 0.998. The molecular weight excluding hydrogens is 350 g/mol. The van der Waals surface area contributed by atoms with E-state index in [9.17, 15) is 4.79 Å². The monoisotopic (exact) mass is 387 g/mol. The molecule has 2 fully saturated rings. The second-order valence-electron chi connectivity index (χ2n) is 8.17. The fraction of sp³-hybridized carbons (Fsp3) is 0.696. The molecule has 28 heavy (non-hydrogen) atoms. The van der Waals surface area contributed by atoms with E-state index < -0.39 is 0 Å². The van der Waals surface area contributed by atoms with Gasteiger partial charge in [-0.3, -0.25) is 4.79 Å². The Hall–Kier alpha value is -1.59. The van der Waals surface area contributed by atoms with Crippen LogP contribution in [0.25, 0.3) is 0 Å². The van der Waals surface area contributed by atoms with Gasteiger partial charge in [-0.1, -0.05) is 13.8 Å². The van der Waals surface area contributed by atoms with Gasteiger partial charge >= 0.3 is 0 Å². The average Bonchev–Trinajstić information content (AvgIpc) is 3.29. The first-order valence-corrected chi connectivity index (χ1v) is 11.1. The minimum atomic E-state index is 0.241. The van der Waals surface area contributed by atoms with Crippen molar-refractivity contribution in [2.24, 2.45) is 0 Å². The standard InChI is InChI=1S/C23H37N3O2/c1-4-24(5-2)18-21-11-14-23(27)26(21)20-9-12-22(13-10-20)28-17-7-16-25-15-6-8-19(25)3/h9-10,12-13,19,21H,4-8,11,14-18H2,1-3H3. The Bertz CT molecular complexity index is 615. The number of anilines is 1. The molecular formula is C23H37N3O2. The molecule has 2 aliphatic rings. The maximum atomic E-state index is 12.5. The summed E-state index contributed by atoms with van der Waals surface area (Å²) in [6, 6.07) is 9.09. The normalized spacial score (nSPS) is 23.1. The topological polar surface area (TPSA) is 36.0 Å². The number of amides is 1. The van der Waals surface area contributed by atoms with Crippen LogP contribution in [0.3, 0.4) is 0 Å². The molecule has 2 unspecified atom stereocenters. The molecule has 1 amide bonds. The second kappa shape index (κ2) is 10.3. The first-order valence-electron chi connectivity index (χ1n) is 11.1. The lowest BCUT2D eigenvalue weighted by molar-refractivity contribution is -0.117. The van der Waals surface area contributed by atoms with Crippen molar-refractivity contribution in [3.8, 4) is 5.75 Å². The Kier molecular flexibility index (Phi) is 7.74. The fourth-order valence-corrected chi connectivity index (χ4v) is 4.54. The summed E-state index contributed by atoms with van der Waals surface area (Å²) in [6.07, 6.45) is 5.31. The molecule has 0 radical (unpaired) electrons.